The van der Waals surface area contributed by atoms with Crippen LogP contribution in [0.5, 0.6) is 11.5 Å². The number of rotatable bonds is 4. The number of morpholine rings is 1. The first-order chi connectivity index (χ1) is 9.13. The summed E-state index contributed by atoms with van der Waals surface area (Å²) in [5, 5.41) is 10.2. The van der Waals surface area contributed by atoms with Crippen LogP contribution in [0.2, 0.25) is 0 Å². The molecule has 0 unspecified atom stereocenters. The van der Waals surface area contributed by atoms with E-state index in [2.05, 4.69) is 4.90 Å². The molecule has 0 aliphatic carbocycles. The molecule has 0 saturated carbocycles. The smallest absolute Gasteiger partial charge is 0.125 e. The summed E-state index contributed by atoms with van der Waals surface area (Å²) in [5.74, 6) is 1.27. The molecule has 1 aliphatic rings. The molecule has 0 bridgehead atoms. The summed E-state index contributed by atoms with van der Waals surface area (Å²) >= 11 is 0. The van der Waals surface area contributed by atoms with Crippen LogP contribution in [0.25, 0.3) is 0 Å². The molecule has 1 N–H and O–H groups in total. The average molecular weight is 265 g/mol. The maximum Gasteiger partial charge on any atom is 0.125 e. The van der Waals surface area contributed by atoms with Gasteiger partial charge in [0, 0.05) is 25.2 Å². The van der Waals surface area contributed by atoms with E-state index in [0.29, 0.717) is 12.4 Å². The minimum absolute atomic E-state index is 0.366. The van der Waals surface area contributed by atoms with Gasteiger partial charge in [-0.1, -0.05) is 0 Å². The quantitative estimate of drug-likeness (QED) is 0.906. The SMILES string of the molecule is CCOc1c(C)cc(O)c(CN2CCOCC2)c1C. The van der Waals surface area contributed by atoms with Crippen molar-refractivity contribution in [1.82, 2.24) is 4.90 Å². The van der Waals surface area contributed by atoms with Crippen LogP contribution in [0.15, 0.2) is 6.07 Å². The Morgan fingerprint density at radius 3 is 2.63 bits per heavy atom. The van der Waals surface area contributed by atoms with E-state index in [1.165, 1.54) is 0 Å². The van der Waals surface area contributed by atoms with Gasteiger partial charge in [0.1, 0.15) is 11.5 Å². The maximum atomic E-state index is 10.2. The lowest BCUT2D eigenvalue weighted by atomic mass is 10.0. The Morgan fingerprint density at radius 1 is 1.32 bits per heavy atom. The van der Waals surface area contributed by atoms with E-state index in [0.717, 1.165) is 55.3 Å². The molecular formula is C15H23NO3. The van der Waals surface area contributed by atoms with Crippen molar-refractivity contribution in [2.24, 2.45) is 0 Å². The Labute approximate surface area is 114 Å². The van der Waals surface area contributed by atoms with Crippen LogP contribution in [0.1, 0.15) is 23.6 Å². The van der Waals surface area contributed by atoms with Gasteiger partial charge < -0.3 is 14.6 Å². The summed E-state index contributed by atoms with van der Waals surface area (Å²) in [6.45, 7) is 10.7. The highest BCUT2D eigenvalue weighted by atomic mass is 16.5. The summed E-state index contributed by atoms with van der Waals surface area (Å²) in [7, 11) is 0. The van der Waals surface area contributed by atoms with Gasteiger partial charge in [-0.25, -0.2) is 0 Å². The molecule has 106 valence electrons. The summed E-state index contributed by atoms with van der Waals surface area (Å²) < 4.78 is 11.0. The van der Waals surface area contributed by atoms with Gasteiger partial charge in [-0.2, -0.15) is 0 Å². The van der Waals surface area contributed by atoms with Crippen LogP contribution < -0.4 is 4.74 Å². The molecule has 1 heterocycles. The number of phenols is 1. The normalized spacial score (nSPS) is 16.6. The lowest BCUT2D eigenvalue weighted by Crippen LogP contribution is -2.35. The number of hydrogen-bond donors (Lipinski definition) is 1. The molecule has 1 fully saturated rings. The summed E-state index contributed by atoms with van der Waals surface area (Å²) in [6, 6.07) is 1.80. The fraction of sp³-hybridized carbons (Fsp3) is 0.600. The van der Waals surface area contributed by atoms with Crippen LogP contribution >= 0.6 is 0 Å². The van der Waals surface area contributed by atoms with Gasteiger partial charge in [-0.3, -0.25) is 4.90 Å². The second kappa shape index (κ2) is 6.26. The van der Waals surface area contributed by atoms with Gasteiger partial charge in [-0.15, -0.1) is 0 Å². The molecule has 4 nitrogen and oxygen atoms in total. The van der Waals surface area contributed by atoms with E-state index in [4.69, 9.17) is 9.47 Å². The minimum atomic E-state index is 0.366. The highest BCUT2D eigenvalue weighted by Gasteiger charge is 2.18. The highest BCUT2D eigenvalue weighted by Crippen LogP contribution is 2.33. The van der Waals surface area contributed by atoms with E-state index >= 15 is 0 Å². The predicted molar refractivity (Wildman–Crippen MR) is 74.8 cm³/mol. The zero-order chi connectivity index (χ0) is 13.8. The zero-order valence-corrected chi connectivity index (χ0v) is 12.0. The molecule has 0 amide bonds. The molecular weight excluding hydrogens is 242 g/mol. The van der Waals surface area contributed by atoms with Crippen LogP contribution in [0.4, 0.5) is 0 Å². The molecule has 2 rings (SSSR count). The van der Waals surface area contributed by atoms with Gasteiger partial charge >= 0.3 is 0 Å². The zero-order valence-electron chi connectivity index (χ0n) is 12.0. The first-order valence-electron chi connectivity index (χ1n) is 6.88. The molecule has 0 aromatic heterocycles. The highest BCUT2D eigenvalue weighted by molar-refractivity contribution is 5.52. The van der Waals surface area contributed by atoms with Crippen molar-refractivity contribution in [2.45, 2.75) is 27.3 Å². The monoisotopic (exact) mass is 265 g/mol. The number of phenolic OH excluding ortho intramolecular Hbond substituents is 1. The lowest BCUT2D eigenvalue weighted by molar-refractivity contribution is 0.0337. The number of benzene rings is 1. The first-order valence-corrected chi connectivity index (χ1v) is 6.88. The number of ether oxygens (including phenoxy) is 2. The van der Waals surface area contributed by atoms with Crippen molar-refractivity contribution < 1.29 is 14.6 Å². The van der Waals surface area contributed by atoms with Crippen LogP contribution in [-0.2, 0) is 11.3 Å². The third-order valence-electron chi connectivity index (χ3n) is 3.59. The second-order valence-electron chi connectivity index (χ2n) is 4.97. The second-order valence-corrected chi connectivity index (χ2v) is 4.97. The Hall–Kier alpha value is -1.26. The van der Waals surface area contributed by atoms with E-state index < -0.39 is 0 Å². The van der Waals surface area contributed by atoms with Crippen molar-refractivity contribution in [2.75, 3.05) is 32.9 Å². The summed E-state index contributed by atoms with van der Waals surface area (Å²) in [6.07, 6.45) is 0. The Morgan fingerprint density at radius 2 is 2.00 bits per heavy atom. The fourth-order valence-electron chi connectivity index (χ4n) is 2.53. The van der Waals surface area contributed by atoms with Gasteiger partial charge in [0.25, 0.3) is 0 Å². The number of hydrogen-bond acceptors (Lipinski definition) is 4. The molecule has 1 aromatic rings. The summed E-state index contributed by atoms with van der Waals surface area (Å²) in [4.78, 5) is 2.30. The average Bonchev–Trinajstić information content (AvgIpc) is 2.41. The van der Waals surface area contributed by atoms with Crippen LogP contribution in [0.3, 0.4) is 0 Å². The van der Waals surface area contributed by atoms with Crippen molar-refractivity contribution in [3.63, 3.8) is 0 Å². The van der Waals surface area contributed by atoms with Crippen LogP contribution in [0, 0.1) is 13.8 Å². The summed E-state index contributed by atoms with van der Waals surface area (Å²) in [5.41, 5.74) is 3.00. The molecule has 1 aliphatic heterocycles. The molecule has 19 heavy (non-hydrogen) atoms. The third kappa shape index (κ3) is 3.19. The van der Waals surface area contributed by atoms with Crippen molar-refractivity contribution >= 4 is 0 Å². The third-order valence-corrected chi connectivity index (χ3v) is 3.59. The van der Waals surface area contributed by atoms with Gasteiger partial charge in [0.05, 0.1) is 19.8 Å². The largest absolute Gasteiger partial charge is 0.508 e. The van der Waals surface area contributed by atoms with Crippen molar-refractivity contribution in [1.29, 1.82) is 0 Å². The molecule has 1 saturated heterocycles. The molecule has 1 aromatic carbocycles. The topological polar surface area (TPSA) is 41.9 Å². The molecule has 4 heteroatoms. The van der Waals surface area contributed by atoms with E-state index in [1.54, 1.807) is 6.07 Å². The van der Waals surface area contributed by atoms with E-state index in [-0.39, 0.29) is 0 Å². The van der Waals surface area contributed by atoms with E-state index in [1.807, 2.05) is 20.8 Å². The van der Waals surface area contributed by atoms with Gasteiger partial charge in [0.2, 0.25) is 0 Å². The van der Waals surface area contributed by atoms with Crippen molar-refractivity contribution in [3.8, 4) is 11.5 Å². The van der Waals surface area contributed by atoms with Gasteiger partial charge in [-0.05, 0) is 38.0 Å². The minimum Gasteiger partial charge on any atom is -0.508 e. The first kappa shape index (κ1) is 14.2. The predicted octanol–water partition coefficient (Wildman–Crippen LogP) is 2.24. The van der Waals surface area contributed by atoms with Crippen molar-refractivity contribution in [3.05, 3.63) is 22.8 Å². The maximum absolute atomic E-state index is 10.2. The number of nitrogens with zero attached hydrogens (tertiary/aromatic N) is 1. The Kier molecular flexibility index (Phi) is 4.66. The fourth-order valence-corrected chi connectivity index (χ4v) is 2.53. The molecule has 0 atom stereocenters. The van der Waals surface area contributed by atoms with E-state index in [9.17, 15) is 5.11 Å². The Bertz CT molecular complexity index is 440. The molecule has 0 spiro atoms. The molecule has 0 radical (unpaired) electrons. The van der Waals surface area contributed by atoms with Gasteiger partial charge in [0.15, 0.2) is 0 Å². The number of aromatic hydroxyl groups is 1. The lowest BCUT2D eigenvalue weighted by Gasteiger charge is -2.28. The number of aryl methyl sites for hydroxylation is 1. The standard InChI is InChI=1S/C15H23NO3/c1-4-19-15-11(2)9-14(17)13(12(15)3)10-16-5-7-18-8-6-16/h9,17H,4-8,10H2,1-3H3. The van der Waals surface area contributed by atoms with Crippen LogP contribution in [-0.4, -0.2) is 42.9 Å². The Balaban J connectivity index is 2.25.